The van der Waals surface area contributed by atoms with Crippen molar-refractivity contribution in [2.75, 3.05) is 18.5 Å². The monoisotopic (exact) mass is 268 g/mol. The molecule has 0 aromatic carbocycles. The molecule has 0 radical (unpaired) electrons. The van der Waals surface area contributed by atoms with Gasteiger partial charge < -0.3 is 10.6 Å². The van der Waals surface area contributed by atoms with Crippen molar-refractivity contribution in [2.45, 2.75) is 6.42 Å². The highest BCUT2D eigenvalue weighted by Crippen LogP contribution is 2.19. The van der Waals surface area contributed by atoms with Gasteiger partial charge in [0.05, 0.1) is 11.9 Å². The predicted molar refractivity (Wildman–Crippen MR) is 78.0 cm³/mol. The second-order valence-electron chi connectivity index (χ2n) is 4.51. The molecule has 6 nitrogen and oxygen atoms in total. The normalized spacial score (nSPS) is 10.9. The van der Waals surface area contributed by atoms with Crippen LogP contribution in [-0.4, -0.2) is 33.2 Å². The first-order valence-corrected chi connectivity index (χ1v) is 6.48. The van der Waals surface area contributed by atoms with Crippen molar-refractivity contribution >= 4 is 17.3 Å². The van der Waals surface area contributed by atoms with Crippen LogP contribution in [0.1, 0.15) is 5.69 Å². The molecule has 6 heteroatoms. The number of imidazole rings is 1. The van der Waals surface area contributed by atoms with Crippen molar-refractivity contribution in [1.82, 2.24) is 19.6 Å². The first-order chi connectivity index (χ1) is 9.78. The second-order valence-corrected chi connectivity index (χ2v) is 4.51. The molecule has 0 aliphatic carbocycles. The molecule has 0 saturated carbocycles. The minimum Gasteiger partial charge on any atom is -0.330 e. The van der Waals surface area contributed by atoms with Gasteiger partial charge in [-0.15, -0.1) is 5.10 Å². The number of rotatable bonds is 4. The van der Waals surface area contributed by atoms with Gasteiger partial charge in [-0.25, -0.2) is 14.5 Å². The summed E-state index contributed by atoms with van der Waals surface area (Å²) in [5.74, 6) is 1.66. The molecule has 3 rings (SSSR count). The van der Waals surface area contributed by atoms with E-state index in [1.165, 1.54) is 0 Å². The number of pyridine rings is 1. The second kappa shape index (κ2) is 5.26. The van der Waals surface area contributed by atoms with Crippen LogP contribution in [0.4, 0.5) is 11.6 Å². The van der Waals surface area contributed by atoms with Crippen molar-refractivity contribution in [1.29, 1.82) is 0 Å². The van der Waals surface area contributed by atoms with E-state index in [-0.39, 0.29) is 0 Å². The summed E-state index contributed by atoms with van der Waals surface area (Å²) in [6, 6.07) is 9.67. The van der Waals surface area contributed by atoms with Gasteiger partial charge in [0.15, 0.2) is 11.5 Å². The number of fused-ring (bicyclic) bond motifs is 1. The molecule has 0 amide bonds. The number of hydrogen-bond acceptors (Lipinski definition) is 5. The lowest BCUT2D eigenvalue weighted by atomic mass is 10.3. The van der Waals surface area contributed by atoms with E-state index in [0.29, 0.717) is 6.54 Å². The molecular formula is C14H16N6. The van der Waals surface area contributed by atoms with Crippen LogP contribution in [0.25, 0.3) is 5.65 Å². The maximum Gasteiger partial charge on any atom is 0.154 e. The number of anilines is 2. The van der Waals surface area contributed by atoms with Crippen LogP contribution < -0.4 is 10.6 Å². The topological polar surface area (TPSA) is 72.3 Å². The summed E-state index contributed by atoms with van der Waals surface area (Å²) in [6.45, 7) is 0.588. The lowest BCUT2D eigenvalue weighted by molar-refractivity contribution is 0.898. The third kappa shape index (κ3) is 2.33. The Balaban J connectivity index is 1.96. The minimum absolute atomic E-state index is 0.588. The van der Waals surface area contributed by atoms with Gasteiger partial charge in [-0.05, 0) is 30.8 Å². The molecule has 0 aliphatic rings. The van der Waals surface area contributed by atoms with Gasteiger partial charge in [-0.1, -0.05) is 6.07 Å². The lowest BCUT2D eigenvalue weighted by Crippen LogP contribution is -2.13. The molecule has 3 aromatic rings. The van der Waals surface area contributed by atoms with Crippen LogP contribution in [0.15, 0.2) is 42.7 Å². The van der Waals surface area contributed by atoms with E-state index in [1.54, 1.807) is 10.7 Å². The highest BCUT2D eigenvalue weighted by atomic mass is 15.3. The van der Waals surface area contributed by atoms with E-state index >= 15 is 0 Å². The Morgan fingerprint density at radius 1 is 1.20 bits per heavy atom. The average molecular weight is 268 g/mol. The third-order valence-electron chi connectivity index (χ3n) is 3.09. The Morgan fingerprint density at radius 3 is 2.85 bits per heavy atom. The summed E-state index contributed by atoms with van der Waals surface area (Å²) in [5, 5.41) is 4.55. The highest BCUT2D eigenvalue weighted by molar-refractivity contribution is 5.56. The molecule has 3 heterocycles. The van der Waals surface area contributed by atoms with Crippen LogP contribution in [0.2, 0.25) is 0 Å². The lowest BCUT2D eigenvalue weighted by Gasteiger charge is -2.16. The summed E-state index contributed by atoms with van der Waals surface area (Å²) in [5.41, 5.74) is 7.33. The molecule has 0 saturated heterocycles. The van der Waals surface area contributed by atoms with Gasteiger partial charge in [0.2, 0.25) is 0 Å². The summed E-state index contributed by atoms with van der Waals surface area (Å²) < 4.78 is 1.78. The minimum atomic E-state index is 0.588. The van der Waals surface area contributed by atoms with Crippen LogP contribution >= 0.6 is 0 Å². The molecule has 0 atom stereocenters. The number of nitrogens with zero attached hydrogens (tertiary/aromatic N) is 5. The van der Waals surface area contributed by atoms with Crippen LogP contribution in [0.3, 0.4) is 0 Å². The zero-order chi connectivity index (χ0) is 13.9. The number of nitrogens with two attached hydrogens (primary N) is 1. The first-order valence-electron chi connectivity index (χ1n) is 6.48. The van der Waals surface area contributed by atoms with Gasteiger partial charge in [0.25, 0.3) is 0 Å². The quantitative estimate of drug-likeness (QED) is 0.774. The molecule has 2 N–H and O–H groups in total. The first kappa shape index (κ1) is 12.6. The van der Waals surface area contributed by atoms with Crippen molar-refractivity contribution in [2.24, 2.45) is 5.73 Å². The molecule has 0 unspecified atom stereocenters. The van der Waals surface area contributed by atoms with Crippen LogP contribution in [0, 0.1) is 0 Å². The fraction of sp³-hybridized carbons (Fsp3) is 0.214. The van der Waals surface area contributed by atoms with Gasteiger partial charge in [0.1, 0.15) is 5.82 Å². The SMILES string of the molecule is CN(c1ccccn1)c1ccc2nc(CCN)cn2n1. The standard InChI is InChI=1S/C14H16N6/c1-19(12-4-2-3-9-16-12)14-6-5-13-17-11(7-8-15)10-20(13)18-14/h2-6,9-10H,7-8,15H2,1H3. The van der Waals surface area contributed by atoms with Crippen molar-refractivity contribution in [3.63, 3.8) is 0 Å². The highest BCUT2D eigenvalue weighted by Gasteiger charge is 2.08. The Morgan fingerprint density at radius 2 is 2.10 bits per heavy atom. The van der Waals surface area contributed by atoms with E-state index in [9.17, 15) is 0 Å². The van der Waals surface area contributed by atoms with E-state index in [2.05, 4.69) is 15.1 Å². The third-order valence-corrected chi connectivity index (χ3v) is 3.09. The molecular weight excluding hydrogens is 252 g/mol. The van der Waals surface area contributed by atoms with Crippen LogP contribution in [-0.2, 0) is 6.42 Å². The molecule has 0 fully saturated rings. The molecule has 0 bridgehead atoms. The Labute approximate surface area is 116 Å². The summed E-state index contributed by atoms with van der Waals surface area (Å²) in [7, 11) is 1.94. The van der Waals surface area contributed by atoms with Gasteiger partial charge in [-0.3, -0.25) is 0 Å². The van der Waals surface area contributed by atoms with Gasteiger partial charge in [-0.2, -0.15) is 0 Å². The zero-order valence-corrected chi connectivity index (χ0v) is 11.3. The Bertz CT molecular complexity index is 706. The van der Waals surface area contributed by atoms with Gasteiger partial charge >= 0.3 is 0 Å². The maximum atomic E-state index is 5.55. The largest absolute Gasteiger partial charge is 0.330 e. The fourth-order valence-electron chi connectivity index (χ4n) is 2.04. The smallest absolute Gasteiger partial charge is 0.154 e. The summed E-state index contributed by atoms with van der Waals surface area (Å²) in [4.78, 5) is 10.7. The van der Waals surface area contributed by atoms with Gasteiger partial charge in [0, 0.05) is 19.7 Å². The predicted octanol–water partition coefficient (Wildman–Crippen LogP) is 1.39. The average Bonchev–Trinajstić information content (AvgIpc) is 2.89. The summed E-state index contributed by atoms with van der Waals surface area (Å²) in [6.07, 6.45) is 4.44. The number of aromatic nitrogens is 4. The number of hydrogen-bond donors (Lipinski definition) is 1. The Kier molecular flexibility index (Phi) is 3.30. The summed E-state index contributed by atoms with van der Waals surface area (Å²) >= 11 is 0. The van der Waals surface area contributed by atoms with E-state index in [4.69, 9.17) is 5.73 Å². The van der Waals surface area contributed by atoms with Crippen molar-refractivity contribution in [3.8, 4) is 0 Å². The molecule has 102 valence electrons. The van der Waals surface area contributed by atoms with Crippen molar-refractivity contribution in [3.05, 3.63) is 48.4 Å². The molecule has 3 aromatic heterocycles. The molecule has 0 spiro atoms. The van der Waals surface area contributed by atoms with Crippen molar-refractivity contribution < 1.29 is 0 Å². The zero-order valence-electron chi connectivity index (χ0n) is 11.3. The van der Waals surface area contributed by atoms with Crippen LogP contribution in [0.5, 0.6) is 0 Å². The van der Waals surface area contributed by atoms with E-state index in [1.807, 2.05) is 48.5 Å². The van der Waals surface area contributed by atoms with E-state index < -0.39 is 0 Å². The molecule has 0 aliphatic heterocycles. The fourth-order valence-corrected chi connectivity index (χ4v) is 2.04. The Hall–Kier alpha value is -2.47. The maximum absolute atomic E-state index is 5.55. The van der Waals surface area contributed by atoms with E-state index in [0.717, 1.165) is 29.4 Å². The molecule has 20 heavy (non-hydrogen) atoms.